The highest BCUT2D eigenvalue weighted by molar-refractivity contribution is 5.83. The molecule has 0 saturated carbocycles. The van der Waals surface area contributed by atoms with E-state index < -0.39 is 0 Å². The fraction of sp³-hybridized carbons (Fsp3) is 0.647. The van der Waals surface area contributed by atoms with Crippen molar-refractivity contribution in [3.05, 3.63) is 18.0 Å². The second kappa shape index (κ2) is 5.94. The summed E-state index contributed by atoms with van der Waals surface area (Å²) in [5, 5.41) is 16.5. The monoisotopic (exact) mass is 341 g/mol. The van der Waals surface area contributed by atoms with E-state index in [1.165, 1.54) is 6.42 Å². The summed E-state index contributed by atoms with van der Waals surface area (Å²) < 4.78 is 1.93. The van der Waals surface area contributed by atoms with Crippen LogP contribution in [-0.2, 0) is 4.79 Å². The quantitative estimate of drug-likeness (QED) is 0.871. The number of piperidine rings is 1. The Morgan fingerprint density at radius 2 is 1.88 bits per heavy atom. The number of hydrogen-bond donors (Lipinski definition) is 1. The van der Waals surface area contributed by atoms with Gasteiger partial charge in [-0.1, -0.05) is 0 Å². The smallest absolute Gasteiger partial charge is 0.237 e. The Balaban J connectivity index is 1.34. The molecule has 8 heteroatoms. The van der Waals surface area contributed by atoms with Crippen LogP contribution in [0.25, 0.3) is 5.65 Å². The van der Waals surface area contributed by atoms with Crippen molar-refractivity contribution in [1.82, 2.24) is 30.0 Å². The third-order valence-electron chi connectivity index (χ3n) is 5.81. The molecule has 0 radical (unpaired) electrons. The number of nitrogens with zero attached hydrogens (tertiary/aromatic N) is 6. The van der Waals surface area contributed by atoms with Gasteiger partial charge in [-0.15, -0.1) is 15.3 Å². The van der Waals surface area contributed by atoms with Gasteiger partial charge < -0.3 is 10.2 Å². The summed E-state index contributed by atoms with van der Waals surface area (Å²) in [6, 6.07) is 4.11. The normalized spacial score (nSPS) is 25.4. The molecular weight excluding hydrogens is 318 g/mol. The summed E-state index contributed by atoms with van der Waals surface area (Å²) in [6.45, 7) is 4.84. The zero-order chi connectivity index (χ0) is 16.8. The minimum atomic E-state index is 0.0623. The van der Waals surface area contributed by atoms with E-state index in [1.807, 2.05) is 16.6 Å². The largest absolute Gasteiger partial charge is 0.355 e. The minimum Gasteiger partial charge on any atom is -0.355 e. The molecule has 2 aromatic rings. The second-order valence-electron chi connectivity index (χ2n) is 7.27. The summed E-state index contributed by atoms with van der Waals surface area (Å²) >= 11 is 0. The molecule has 5 rings (SSSR count). The topological polar surface area (TPSA) is 78.7 Å². The van der Waals surface area contributed by atoms with E-state index in [0.717, 1.165) is 69.3 Å². The first-order valence-corrected chi connectivity index (χ1v) is 9.29. The van der Waals surface area contributed by atoms with Crippen LogP contribution in [0.1, 0.15) is 37.4 Å². The van der Waals surface area contributed by atoms with Crippen LogP contribution in [0.4, 0.5) is 5.82 Å². The first-order valence-electron chi connectivity index (χ1n) is 9.29. The van der Waals surface area contributed by atoms with Crippen molar-refractivity contribution < 1.29 is 4.79 Å². The van der Waals surface area contributed by atoms with Gasteiger partial charge in [0.15, 0.2) is 11.5 Å². The standard InChI is InChI=1S/C17H23N7O/c25-17-13(4-7-18-17)22-10-5-12(6-11-22)16-20-19-14-2-3-15(21-24(14)16)23-8-1-9-23/h2-3,12-13H,1,4-11H2,(H,18,25). The lowest BCUT2D eigenvalue weighted by atomic mass is 9.95. The van der Waals surface area contributed by atoms with Gasteiger partial charge in [0.25, 0.3) is 0 Å². The highest BCUT2D eigenvalue weighted by Gasteiger charge is 2.34. The molecule has 3 fully saturated rings. The molecule has 132 valence electrons. The Morgan fingerprint density at radius 1 is 1.04 bits per heavy atom. The molecule has 3 saturated heterocycles. The predicted molar refractivity (Wildman–Crippen MR) is 92.6 cm³/mol. The van der Waals surface area contributed by atoms with E-state index in [1.54, 1.807) is 0 Å². The van der Waals surface area contributed by atoms with Gasteiger partial charge in [-0.2, -0.15) is 4.52 Å². The van der Waals surface area contributed by atoms with E-state index in [2.05, 4.69) is 25.3 Å². The van der Waals surface area contributed by atoms with Gasteiger partial charge >= 0.3 is 0 Å². The van der Waals surface area contributed by atoms with Crippen molar-refractivity contribution in [2.75, 3.05) is 37.6 Å². The maximum Gasteiger partial charge on any atom is 0.237 e. The van der Waals surface area contributed by atoms with Gasteiger partial charge in [0.1, 0.15) is 5.82 Å². The van der Waals surface area contributed by atoms with Gasteiger partial charge in [-0.25, -0.2) is 0 Å². The molecule has 0 aromatic carbocycles. The summed E-state index contributed by atoms with van der Waals surface area (Å²) in [5.74, 6) is 2.52. The van der Waals surface area contributed by atoms with Crippen LogP contribution in [0, 0.1) is 0 Å². The first kappa shape index (κ1) is 15.1. The number of carbonyl (C=O) groups is 1. The third-order valence-corrected chi connectivity index (χ3v) is 5.81. The molecule has 3 aliphatic rings. The van der Waals surface area contributed by atoms with Crippen LogP contribution in [0.2, 0.25) is 0 Å². The molecular formula is C17H23N7O. The average Bonchev–Trinajstić information content (AvgIpc) is 3.19. The van der Waals surface area contributed by atoms with Crippen molar-refractivity contribution in [2.24, 2.45) is 0 Å². The number of anilines is 1. The lowest BCUT2D eigenvalue weighted by Gasteiger charge is -2.34. The van der Waals surface area contributed by atoms with Crippen LogP contribution < -0.4 is 10.2 Å². The number of aromatic nitrogens is 4. The molecule has 1 atom stereocenters. The van der Waals surface area contributed by atoms with Crippen LogP contribution in [0.15, 0.2) is 12.1 Å². The van der Waals surface area contributed by atoms with Gasteiger partial charge in [0, 0.05) is 25.6 Å². The molecule has 0 bridgehead atoms. The van der Waals surface area contributed by atoms with Crippen molar-refractivity contribution in [1.29, 1.82) is 0 Å². The predicted octanol–water partition coefficient (Wildman–Crippen LogP) is 0.402. The van der Waals surface area contributed by atoms with E-state index in [9.17, 15) is 4.79 Å². The molecule has 1 unspecified atom stereocenters. The third kappa shape index (κ3) is 2.55. The number of hydrogen-bond acceptors (Lipinski definition) is 6. The number of amides is 1. The molecule has 3 aliphatic heterocycles. The Labute approximate surface area is 146 Å². The van der Waals surface area contributed by atoms with Gasteiger partial charge in [-0.3, -0.25) is 9.69 Å². The molecule has 8 nitrogen and oxygen atoms in total. The van der Waals surface area contributed by atoms with Crippen LogP contribution >= 0.6 is 0 Å². The van der Waals surface area contributed by atoms with Crippen LogP contribution in [-0.4, -0.2) is 69.4 Å². The highest BCUT2D eigenvalue weighted by Crippen LogP contribution is 2.29. The molecule has 0 aliphatic carbocycles. The first-order chi connectivity index (χ1) is 12.3. The SMILES string of the molecule is O=C1NCCC1N1CCC(c2nnc3ccc(N4CCC4)nn23)CC1. The molecule has 2 aromatic heterocycles. The van der Waals surface area contributed by atoms with E-state index in [4.69, 9.17) is 5.10 Å². The Hall–Kier alpha value is -2.22. The molecule has 5 heterocycles. The lowest BCUT2D eigenvalue weighted by Crippen LogP contribution is -2.44. The highest BCUT2D eigenvalue weighted by atomic mass is 16.2. The average molecular weight is 341 g/mol. The minimum absolute atomic E-state index is 0.0623. The Morgan fingerprint density at radius 3 is 2.56 bits per heavy atom. The fourth-order valence-electron chi connectivity index (χ4n) is 4.16. The summed E-state index contributed by atoms with van der Waals surface area (Å²) in [5.41, 5.74) is 0.817. The van der Waals surface area contributed by atoms with E-state index in [0.29, 0.717) is 5.92 Å². The number of rotatable bonds is 3. The van der Waals surface area contributed by atoms with E-state index >= 15 is 0 Å². The van der Waals surface area contributed by atoms with Gasteiger partial charge in [0.05, 0.1) is 6.04 Å². The zero-order valence-corrected chi connectivity index (χ0v) is 14.3. The molecule has 25 heavy (non-hydrogen) atoms. The van der Waals surface area contributed by atoms with Crippen molar-refractivity contribution in [2.45, 2.75) is 37.6 Å². The Kier molecular flexibility index (Phi) is 3.58. The second-order valence-corrected chi connectivity index (χ2v) is 7.27. The van der Waals surface area contributed by atoms with Crippen molar-refractivity contribution in [3.63, 3.8) is 0 Å². The maximum atomic E-state index is 11.9. The summed E-state index contributed by atoms with van der Waals surface area (Å²) in [4.78, 5) is 16.5. The maximum absolute atomic E-state index is 11.9. The van der Waals surface area contributed by atoms with Crippen LogP contribution in [0.5, 0.6) is 0 Å². The van der Waals surface area contributed by atoms with Crippen molar-refractivity contribution >= 4 is 17.4 Å². The van der Waals surface area contributed by atoms with E-state index in [-0.39, 0.29) is 11.9 Å². The Bertz CT molecular complexity index is 791. The number of nitrogens with one attached hydrogen (secondary N) is 1. The van der Waals surface area contributed by atoms with Crippen molar-refractivity contribution in [3.8, 4) is 0 Å². The summed E-state index contributed by atoms with van der Waals surface area (Å²) in [6.07, 6.45) is 4.17. The number of likely N-dealkylation sites (tertiary alicyclic amines) is 1. The molecule has 1 N–H and O–H groups in total. The zero-order valence-electron chi connectivity index (χ0n) is 14.3. The summed E-state index contributed by atoms with van der Waals surface area (Å²) in [7, 11) is 0. The number of carbonyl (C=O) groups excluding carboxylic acids is 1. The number of fused-ring (bicyclic) bond motifs is 1. The van der Waals surface area contributed by atoms with Crippen LogP contribution in [0.3, 0.4) is 0 Å². The fourth-order valence-corrected chi connectivity index (χ4v) is 4.16. The lowest BCUT2D eigenvalue weighted by molar-refractivity contribution is -0.124. The molecule has 0 spiro atoms. The van der Waals surface area contributed by atoms with Gasteiger partial charge in [-0.05, 0) is 50.9 Å². The molecule has 1 amide bonds. The van der Waals surface area contributed by atoms with Gasteiger partial charge in [0.2, 0.25) is 5.91 Å².